The lowest BCUT2D eigenvalue weighted by Gasteiger charge is -2.20. The summed E-state index contributed by atoms with van der Waals surface area (Å²) in [6.45, 7) is 0. The Morgan fingerprint density at radius 3 is 2.88 bits per heavy atom. The second kappa shape index (κ2) is 7.47. The van der Waals surface area contributed by atoms with Crippen LogP contribution >= 0.6 is 23.1 Å². The Balaban J connectivity index is 1.54. The maximum atomic E-state index is 13.8. The van der Waals surface area contributed by atoms with Crippen LogP contribution in [0.1, 0.15) is 23.1 Å². The molecule has 0 saturated carbocycles. The van der Waals surface area contributed by atoms with Gasteiger partial charge in [0.05, 0.1) is 18.1 Å². The zero-order valence-corrected chi connectivity index (χ0v) is 15.3. The van der Waals surface area contributed by atoms with E-state index in [0.29, 0.717) is 17.1 Å². The molecule has 0 spiro atoms. The van der Waals surface area contributed by atoms with Gasteiger partial charge in [0, 0.05) is 16.2 Å². The summed E-state index contributed by atoms with van der Waals surface area (Å²) < 4.78 is 19.2. The third-order valence-corrected chi connectivity index (χ3v) is 6.04. The monoisotopic (exact) mass is 386 g/mol. The van der Waals surface area contributed by atoms with Gasteiger partial charge in [-0.15, -0.1) is 23.1 Å². The van der Waals surface area contributed by atoms with Crippen LogP contribution in [-0.4, -0.2) is 22.4 Å². The first-order valence-electron chi connectivity index (χ1n) is 8.06. The summed E-state index contributed by atoms with van der Waals surface area (Å²) in [5.74, 6) is 0.320. The molecule has 3 heterocycles. The standard InChI is InChI=1S/C19H15FN2O2S2/c20-13-5-1-2-7-17(13)26-12-19(23)22-15(18-8-4-10-25-18)11-14(21-22)16-6-3-9-24-16/h1-10,15H,11-12H2. The third kappa shape index (κ3) is 3.45. The fourth-order valence-electron chi connectivity index (χ4n) is 2.80. The van der Waals surface area contributed by atoms with E-state index in [2.05, 4.69) is 5.10 Å². The Labute approximate surface area is 158 Å². The van der Waals surface area contributed by atoms with E-state index in [-0.39, 0.29) is 23.5 Å². The van der Waals surface area contributed by atoms with E-state index >= 15 is 0 Å². The minimum Gasteiger partial charge on any atom is -0.463 e. The van der Waals surface area contributed by atoms with Crippen molar-refractivity contribution in [3.8, 4) is 0 Å². The van der Waals surface area contributed by atoms with Crippen molar-refractivity contribution in [2.45, 2.75) is 17.4 Å². The van der Waals surface area contributed by atoms with Crippen molar-refractivity contribution in [1.29, 1.82) is 0 Å². The van der Waals surface area contributed by atoms with Crippen LogP contribution in [0.15, 0.2) is 74.6 Å². The lowest BCUT2D eigenvalue weighted by molar-refractivity contribution is -0.130. The van der Waals surface area contributed by atoms with Crippen LogP contribution in [0.5, 0.6) is 0 Å². The van der Waals surface area contributed by atoms with Crippen molar-refractivity contribution < 1.29 is 13.6 Å². The lowest BCUT2D eigenvalue weighted by Crippen LogP contribution is -2.28. The highest BCUT2D eigenvalue weighted by atomic mass is 32.2. The quantitative estimate of drug-likeness (QED) is 0.583. The van der Waals surface area contributed by atoms with Crippen molar-refractivity contribution in [3.63, 3.8) is 0 Å². The van der Waals surface area contributed by atoms with Crippen LogP contribution in [-0.2, 0) is 4.79 Å². The van der Waals surface area contributed by atoms with Gasteiger partial charge in [0.25, 0.3) is 5.91 Å². The Bertz CT molecular complexity index is 923. The highest BCUT2D eigenvalue weighted by Crippen LogP contribution is 2.36. The molecular formula is C19H15FN2O2S2. The molecule has 3 aromatic rings. The fourth-order valence-corrected chi connectivity index (χ4v) is 4.41. The van der Waals surface area contributed by atoms with Crippen molar-refractivity contribution >= 4 is 34.7 Å². The number of carbonyl (C=O) groups is 1. The van der Waals surface area contributed by atoms with Crippen LogP contribution in [0, 0.1) is 5.82 Å². The van der Waals surface area contributed by atoms with Crippen LogP contribution in [0.25, 0.3) is 0 Å². The number of hydrogen-bond acceptors (Lipinski definition) is 5. The molecule has 26 heavy (non-hydrogen) atoms. The van der Waals surface area contributed by atoms with Gasteiger partial charge >= 0.3 is 0 Å². The first-order valence-corrected chi connectivity index (χ1v) is 9.93. The second-order valence-electron chi connectivity index (χ2n) is 5.72. The topological polar surface area (TPSA) is 45.8 Å². The lowest BCUT2D eigenvalue weighted by atomic mass is 10.1. The summed E-state index contributed by atoms with van der Waals surface area (Å²) in [6.07, 6.45) is 2.20. The highest BCUT2D eigenvalue weighted by molar-refractivity contribution is 8.00. The molecular weight excluding hydrogens is 371 g/mol. The Hall–Kier alpha value is -2.38. The summed E-state index contributed by atoms with van der Waals surface area (Å²) in [5, 5.41) is 8.00. The van der Waals surface area contributed by atoms with Gasteiger partial charge < -0.3 is 4.42 Å². The molecule has 1 amide bonds. The average Bonchev–Trinajstić information content (AvgIpc) is 3.41. The van der Waals surface area contributed by atoms with Gasteiger partial charge in [0.1, 0.15) is 17.3 Å². The number of furan rings is 1. The second-order valence-corrected chi connectivity index (χ2v) is 7.71. The number of benzene rings is 1. The molecule has 1 aliphatic heterocycles. The normalized spacial score (nSPS) is 16.7. The van der Waals surface area contributed by atoms with Crippen molar-refractivity contribution in [3.05, 3.63) is 76.6 Å². The van der Waals surface area contributed by atoms with Gasteiger partial charge in [0.2, 0.25) is 0 Å². The number of halogens is 1. The average molecular weight is 386 g/mol. The Kier molecular flexibility index (Phi) is 4.90. The molecule has 0 bridgehead atoms. The molecule has 0 aliphatic carbocycles. The molecule has 1 unspecified atom stereocenters. The van der Waals surface area contributed by atoms with E-state index in [1.165, 1.54) is 22.8 Å². The summed E-state index contributed by atoms with van der Waals surface area (Å²) in [6, 6.07) is 13.9. The smallest absolute Gasteiger partial charge is 0.253 e. The molecule has 0 saturated heterocycles. The summed E-state index contributed by atoms with van der Waals surface area (Å²) in [5.41, 5.74) is 0.748. The zero-order chi connectivity index (χ0) is 17.9. The predicted octanol–water partition coefficient (Wildman–Crippen LogP) is 4.95. The van der Waals surface area contributed by atoms with Crippen molar-refractivity contribution in [2.24, 2.45) is 5.10 Å². The van der Waals surface area contributed by atoms with E-state index in [9.17, 15) is 9.18 Å². The molecule has 7 heteroatoms. The summed E-state index contributed by atoms with van der Waals surface area (Å²) in [4.78, 5) is 14.3. The molecule has 4 rings (SSSR count). The SMILES string of the molecule is O=C(CSc1ccccc1F)N1N=C(c2ccco2)CC1c1cccs1. The van der Waals surface area contributed by atoms with Gasteiger partial charge in [-0.25, -0.2) is 9.40 Å². The van der Waals surface area contributed by atoms with E-state index in [1.807, 2.05) is 23.6 Å². The number of rotatable bonds is 5. The molecule has 0 fully saturated rings. The van der Waals surface area contributed by atoms with E-state index in [4.69, 9.17) is 4.42 Å². The van der Waals surface area contributed by atoms with Gasteiger partial charge in [-0.2, -0.15) is 5.10 Å². The Morgan fingerprint density at radius 1 is 1.27 bits per heavy atom. The van der Waals surface area contributed by atoms with Gasteiger partial charge in [0.15, 0.2) is 0 Å². The number of hydrazone groups is 1. The number of carbonyl (C=O) groups excluding carboxylic acids is 1. The maximum absolute atomic E-state index is 13.8. The van der Waals surface area contributed by atoms with Gasteiger partial charge in [-0.1, -0.05) is 18.2 Å². The number of hydrogen-bond donors (Lipinski definition) is 0. The van der Waals surface area contributed by atoms with Crippen molar-refractivity contribution in [1.82, 2.24) is 5.01 Å². The summed E-state index contributed by atoms with van der Waals surface area (Å²) >= 11 is 2.78. The minimum absolute atomic E-state index is 0.123. The molecule has 1 aromatic carbocycles. The maximum Gasteiger partial charge on any atom is 0.253 e. The summed E-state index contributed by atoms with van der Waals surface area (Å²) in [7, 11) is 0. The Morgan fingerprint density at radius 2 is 2.15 bits per heavy atom. The number of thiophene rings is 1. The fraction of sp³-hybridized carbons (Fsp3) is 0.158. The number of nitrogens with zero attached hydrogens (tertiary/aromatic N) is 2. The van der Waals surface area contributed by atoms with Crippen molar-refractivity contribution in [2.75, 3.05) is 5.75 Å². The van der Waals surface area contributed by atoms with Crippen LogP contribution in [0.3, 0.4) is 0 Å². The van der Waals surface area contributed by atoms with Crippen LogP contribution in [0.4, 0.5) is 4.39 Å². The van der Waals surface area contributed by atoms with E-state index < -0.39 is 0 Å². The molecule has 2 aromatic heterocycles. The van der Waals surface area contributed by atoms with Crippen LogP contribution < -0.4 is 0 Å². The molecule has 1 aliphatic rings. The number of thioether (sulfide) groups is 1. The first-order chi connectivity index (χ1) is 12.7. The number of amides is 1. The molecule has 0 radical (unpaired) electrons. The largest absolute Gasteiger partial charge is 0.463 e. The first kappa shape index (κ1) is 17.1. The van der Waals surface area contributed by atoms with Gasteiger partial charge in [-0.3, -0.25) is 4.79 Å². The van der Waals surface area contributed by atoms with Crippen LogP contribution in [0.2, 0.25) is 0 Å². The highest BCUT2D eigenvalue weighted by Gasteiger charge is 2.34. The zero-order valence-electron chi connectivity index (χ0n) is 13.7. The van der Waals surface area contributed by atoms with E-state index in [1.54, 1.807) is 41.9 Å². The van der Waals surface area contributed by atoms with Gasteiger partial charge in [-0.05, 0) is 35.7 Å². The molecule has 4 nitrogen and oxygen atoms in total. The molecule has 1 atom stereocenters. The van der Waals surface area contributed by atoms with E-state index in [0.717, 1.165) is 10.6 Å². The molecule has 0 N–H and O–H groups in total. The predicted molar refractivity (Wildman–Crippen MR) is 101 cm³/mol. The third-order valence-electron chi connectivity index (χ3n) is 4.03. The minimum atomic E-state index is -0.318. The molecule has 132 valence electrons.